The Morgan fingerprint density at radius 2 is 1.93 bits per heavy atom. The van der Waals surface area contributed by atoms with E-state index >= 15 is 0 Å². The molecule has 0 radical (unpaired) electrons. The second kappa shape index (κ2) is 15.7. The summed E-state index contributed by atoms with van der Waals surface area (Å²) in [6.45, 7) is 7.91. The lowest BCUT2D eigenvalue weighted by atomic mass is 10.1. The molecule has 0 saturated carbocycles. The summed E-state index contributed by atoms with van der Waals surface area (Å²) < 4.78 is 10.2. The van der Waals surface area contributed by atoms with E-state index in [2.05, 4.69) is 34.6 Å². The van der Waals surface area contributed by atoms with Gasteiger partial charge in [0.15, 0.2) is 11.7 Å². The van der Waals surface area contributed by atoms with E-state index in [1.807, 2.05) is 13.0 Å². The van der Waals surface area contributed by atoms with E-state index in [1.54, 1.807) is 7.05 Å². The summed E-state index contributed by atoms with van der Waals surface area (Å²) >= 11 is 0. The van der Waals surface area contributed by atoms with Crippen molar-refractivity contribution >= 4 is 35.9 Å². The Labute approximate surface area is 180 Å². The largest absolute Gasteiger partial charge is 0.466 e. The highest BCUT2D eigenvalue weighted by Crippen LogP contribution is 2.13. The number of unbranched alkanes of at least 4 members (excludes halogenated alkanes) is 4. The van der Waals surface area contributed by atoms with Crippen LogP contribution in [-0.4, -0.2) is 37.3 Å². The molecule has 2 N–H and O–H groups in total. The number of carbonyl (C=O) groups excluding carboxylic acids is 1. The minimum Gasteiger partial charge on any atom is -0.466 e. The van der Waals surface area contributed by atoms with Gasteiger partial charge in [-0.15, -0.1) is 24.0 Å². The lowest BCUT2D eigenvalue weighted by molar-refractivity contribution is -0.143. The third-order valence-corrected chi connectivity index (χ3v) is 3.98. The molecule has 0 spiro atoms. The summed E-state index contributed by atoms with van der Waals surface area (Å²) in [5.74, 6) is 1.84. The summed E-state index contributed by atoms with van der Waals surface area (Å²) in [4.78, 5) is 15.4. The molecule has 1 rings (SSSR count). The minimum absolute atomic E-state index is 0. The quantitative estimate of drug-likeness (QED) is 0.150. The molecule has 0 saturated heterocycles. The molecule has 27 heavy (non-hydrogen) atoms. The van der Waals surface area contributed by atoms with Crippen molar-refractivity contribution in [1.82, 2.24) is 15.8 Å². The molecule has 0 amide bonds. The van der Waals surface area contributed by atoms with Gasteiger partial charge in [-0.2, -0.15) is 0 Å². The number of esters is 1. The van der Waals surface area contributed by atoms with Gasteiger partial charge in [-0.3, -0.25) is 9.79 Å². The molecule has 156 valence electrons. The first-order valence-corrected chi connectivity index (χ1v) is 9.62. The van der Waals surface area contributed by atoms with E-state index in [0.717, 1.165) is 56.1 Å². The number of carbonyl (C=O) groups is 1. The van der Waals surface area contributed by atoms with Gasteiger partial charge in [-0.1, -0.05) is 38.3 Å². The standard InChI is InChI=1S/C19H34N4O3.HI/c1-5-25-18(24)11-9-7-6-8-10-12-21-19(20-4)22-14-16-13-17(15(2)3)23-26-16;/h13,15H,5-12,14H2,1-4H3,(H2,20,21,22);1H. The number of hydrogen-bond acceptors (Lipinski definition) is 5. The molecule has 0 unspecified atom stereocenters. The molecular formula is C19H35IN4O3. The average molecular weight is 494 g/mol. The highest BCUT2D eigenvalue weighted by Gasteiger charge is 2.08. The number of aromatic nitrogens is 1. The first-order valence-electron chi connectivity index (χ1n) is 9.62. The molecule has 8 heteroatoms. The maximum atomic E-state index is 11.2. The number of halogens is 1. The lowest BCUT2D eigenvalue weighted by Crippen LogP contribution is -2.37. The van der Waals surface area contributed by atoms with Crippen molar-refractivity contribution in [3.05, 3.63) is 17.5 Å². The molecule has 0 aliphatic carbocycles. The Morgan fingerprint density at radius 1 is 1.22 bits per heavy atom. The van der Waals surface area contributed by atoms with Crippen LogP contribution in [0.2, 0.25) is 0 Å². The van der Waals surface area contributed by atoms with Crippen molar-refractivity contribution in [1.29, 1.82) is 0 Å². The third-order valence-electron chi connectivity index (χ3n) is 3.98. The van der Waals surface area contributed by atoms with Crippen molar-refractivity contribution in [2.45, 2.75) is 71.8 Å². The number of ether oxygens (including phenoxy) is 1. The fourth-order valence-electron chi connectivity index (χ4n) is 2.44. The average Bonchev–Trinajstić information content (AvgIpc) is 3.09. The highest BCUT2D eigenvalue weighted by atomic mass is 127. The number of aliphatic imine (C=N–C) groups is 1. The van der Waals surface area contributed by atoms with Gasteiger partial charge in [0.25, 0.3) is 0 Å². The summed E-state index contributed by atoms with van der Waals surface area (Å²) in [6, 6.07) is 1.97. The number of guanidine groups is 1. The van der Waals surface area contributed by atoms with Gasteiger partial charge in [0, 0.05) is 26.1 Å². The maximum absolute atomic E-state index is 11.2. The topological polar surface area (TPSA) is 88.8 Å². The zero-order valence-corrected chi connectivity index (χ0v) is 19.4. The monoisotopic (exact) mass is 494 g/mol. The first kappa shape index (κ1) is 25.7. The highest BCUT2D eigenvalue weighted by molar-refractivity contribution is 14.0. The van der Waals surface area contributed by atoms with Crippen LogP contribution >= 0.6 is 24.0 Å². The van der Waals surface area contributed by atoms with Gasteiger partial charge in [-0.05, 0) is 25.7 Å². The fraction of sp³-hybridized carbons (Fsp3) is 0.737. The van der Waals surface area contributed by atoms with Gasteiger partial charge >= 0.3 is 5.97 Å². The predicted octanol–water partition coefficient (Wildman–Crippen LogP) is 3.98. The second-order valence-corrected chi connectivity index (χ2v) is 6.55. The van der Waals surface area contributed by atoms with Crippen LogP contribution < -0.4 is 10.6 Å². The van der Waals surface area contributed by atoms with Crippen LogP contribution in [0.4, 0.5) is 0 Å². The Balaban J connectivity index is 0.00000676. The van der Waals surface area contributed by atoms with Crippen molar-refractivity contribution in [3.63, 3.8) is 0 Å². The Hall–Kier alpha value is -1.32. The van der Waals surface area contributed by atoms with Gasteiger partial charge in [0.2, 0.25) is 0 Å². The summed E-state index contributed by atoms with van der Waals surface area (Å²) in [7, 11) is 1.75. The summed E-state index contributed by atoms with van der Waals surface area (Å²) in [5, 5.41) is 10.6. The first-order chi connectivity index (χ1) is 12.6. The molecule has 0 atom stereocenters. The zero-order chi connectivity index (χ0) is 19.2. The molecule has 1 heterocycles. The SMILES string of the molecule is CCOC(=O)CCCCCCCNC(=NC)NCc1cc(C(C)C)no1.I. The fourth-order valence-corrected chi connectivity index (χ4v) is 2.44. The minimum atomic E-state index is -0.0867. The Bertz CT molecular complexity index is 547. The number of rotatable bonds is 12. The van der Waals surface area contributed by atoms with E-state index in [1.165, 1.54) is 0 Å². The Morgan fingerprint density at radius 3 is 2.56 bits per heavy atom. The molecule has 0 aromatic carbocycles. The number of nitrogens with zero attached hydrogens (tertiary/aromatic N) is 2. The van der Waals surface area contributed by atoms with Gasteiger partial charge in [0.05, 0.1) is 18.8 Å². The smallest absolute Gasteiger partial charge is 0.305 e. The second-order valence-electron chi connectivity index (χ2n) is 6.55. The van der Waals surface area contributed by atoms with E-state index < -0.39 is 0 Å². The van der Waals surface area contributed by atoms with Crippen molar-refractivity contribution in [2.24, 2.45) is 4.99 Å². The van der Waals surface area contributed by atoms with Crippen molar-refractivity contribution in [3.8, 4) is 0 Å². The van der Waals surface area contributed by atoms with Crippen LogP contribution in [0.1, 0.15) is 76.7 Å². The molecule has 0 aliphatic rings. The van der Waals surface area contributed by atoms with Gasteiger partial charge < -0.3 is 19.9 Å². The number of hydrogen-bond donors (Lipinski definition) is 2. The third kappa shape index (κ3) is 11.9. The Kier molecular flexibility index (Phi) is 14.9. The van der Waals surface area contributed by atoms with E-state index in [4.69, 9.17) is 9.26 Å². The molecule has 0 fully saturated rings. The molecule has 7 nitrogen and oxygen atoms in total. The maximum Gasteiger partial charge on any atom is 0.305 e. The van der Waals surface area contributed by atoms with Gasteiger partial charge in [-0.25, -0.2) is 0 Å². The molecule has 0 bridgehead atoms. The van der Waals surface area contributed by atoms with Crippen LogP contribution in [0.15, 0.2) is 15.6 Å². The van der Waals surface area contributed by atoms with Crippen LogP contribution in [0.3, 0.4) is 0 Å². The van der Waals surface area contributed by atoms with Crippen molar-refractivity contribution in [2.75, 3.05) is 20.2 Å². The van der Waals surface area contributed by atoms with Crippen molar-refractivity contribution < 1.29 is 14.1 Å². The van der Waals surface area contributed by atoms with Crippen LogP contribution in [0.5, 0.6) is 0 Å². The molecular weight excluding hydrogens is 459 g/mol. The lowest BCUT2D eigenvalue weighted by Gasteiger charge is -2.10. The molecule has 0 aliphatic heterocycles. The van der Waals surface area contributed by atoms with E-state index in [-0.39, 0.29) is 29.9 Å². The van der Waals surface area contributed by atoms with Crippen LogP contribution in [0, 0.1) is 0 Å². The zero-order valence-electron chi connectivity index (χ0n) is 17.0. The summed E-state index contributed by atoms with van der Waals surface area (Å²) in [5.41, 5.74) is 0.965. The van der Waals surface area contributed by atoms with E-state index in [0.29, 0.717) is 25.5 Å². The van der Waals surface area contributed by atoms with Crippen LogP contribution in [0.25, 0.3) is 0 Å². The summed E-state index contributed by atoms with van der Waals surface area (Å²) in [6.07, 6.45) is 5.83. The van der Waals surface area contributed by atoms with Gasteiger partial charge in [0.1, 0.15) is 0 Å². The van der Waals surface area contributed by atoms with Crippen LogP contribution in [-0.2, 0) is 16.1 Å². The molecule has 1 aromatic rings. The molecule has 1 aromatic heterocycles. The normalized spacial score (nSPS) is 11.2. The predicted molar refractivity (Wildman–Crippen MR) is 119 cm³/mol. The number of nitrogens with one attached hydrogen (secondary N) is 2. The van der Waals surface area contributed by atoms with E-state index in [9.17, 15) is 4.79 Å².